The van der Waals surface area contributed by atoms with Gasteiger partial charge >= 0.3 is 0 Å². The number of H-pyrrole nitrogens is 1. The average Bonchev–Trinajstić information content (AvgIpc) is 3.06. The molecule has 2 aromatic carbocycles. The van der Waals surface area contributed by atoms with Gasteiger partial charge in [-0.05, 0) is 48.7 Å². The second-order valence-corrected chi connectivity index (χ2v) is 7.92. The normalized spacial score (nSPS) is 18.0. The van der Waals surface area contributed by atoms with Crippen molar-refractivity contribution in [1.29, 1.82) is 0 Å². The number of methoxy groups -OCH3 is 1. The van der Waals surface area contributed by atoms with Crippen molar-refractivity contribution in [2.45, 2.75) is 18.3 Å². The largest absolute Gasteiger partial charge is 0.497 e. The van der Waals surface area contributed by atoms with Gasteiger partial charge in [0.25, 0.3) is 0 Å². The molecule has 0 bridgehead atoms. The number of ketones is 1. The molecule has 1 spiro atoms. The van der Waals surface area contributed by atoms with Crippen LogP contribution in [-0.2, 0) is 10.2 Å². The number of fused-ring (bicyclic) bond motifs is 6. The lowest BCUT2D eigenvalue weighted by molar-refractivity contribution is 0.0601. The maximum Gasteiger partial charge on any atom is 0.195 e. The van der Waals surface area contributed by atoms with E-state index in [-0.39, 0.29) is 11.2 Å². The molecule has 5 rings (SSSR count). The molecule has 26 heavy (non-hydrogen) atoms. The summed E-state index contributed by atoms with van der Waals surface area (Å²) in [4.78, 5) is 17.0. The zero-order valence-corrected chi connectivity index (χ0v) is 16.0. The molecule has 4 nitrogen and oxygen atoms in total. The highest BCUT2D eigenvalue weighted by molar-refractivity contribution is 9.10. The first-order valence-electron chi connectivity index (χ1n) is 8.77. The van der Waals surface area contributed by atoms with Crippen LogP contribution in [0.5, 0.6) is 5.75 Å². The van der Waals surface area contributed by atoms with Crippen molar-refractivity contribution in [3.63, 3.8) is 0 Å². The summed E-state index contributed by atoms with van der Waals surface area (Å²) in [6.07, 6.45) is 1.70. The molecule has 1 aliphatic heterocycles. The lowest BCUT2D eigenvalue weighted by atomic mass is 9.64. The van der Waals surface area contributed by atoms with Crippen molar-refractivity contribution >= 4 is 32.6 Å². The summed E-state index contributed by atoms with van der Waals surface area (Å²) in [5, 5.41) is 0.987. The second-order valence-electron chi connectivity index (χ2n) is 7.00. The number of benzene rings is 2. The molecule has 132 valence electrons. The van der Waals surface area contributed by atoms with Crippen LogP contribution >= 0.6 is 15.9 Å². The third-order valence-corrected chi connectivity index (χ3v) is 6.29. The van der Waals surface area contributed by atoms with E-state index in [0.717, 1.165) is 56.4 Å². The first-order chi connectivity index (χ1) is 12.6. The van der Waals surface area contributed by atoms with Crippen molar-refractivity contribution in [2.24, 2.45) is 0 Å². The van der Waals surface area contributed by atoms with Gasteiger partial charge < -0.3 is 14.5 Å². The van der Waals surface area contributed by atoms with E-state index in [4.69, 9.17) is 9.47 Å². The molecule has 0 radical (unpaired) electrons. The van der Waals surface area contributed by atoms with Gasteiger partial charge in [-0.1, -0.05) is 22.0 Å². The number of rotatable bonds is 1. The van der Waals surface area contributed by atoms with Gasteiger partial charge in [-0.15, -0.1) is 0 Å². The quantitative estimate of drug-likeness (QED) is 0.637. The lowest BCUT2D eigenvalue weighted by Gasteiger charge is -2.41. The summed E-state index contributed by atoms with van der Waals surface area (Å²) in [5.41, 5.74) is 4.43. The van der Waals surface area contributed by atoms with Gasteiger partial charge in [0.1, 0.15) is 5.75 Å². The molecule has 1 aromatic heterocycles. The Hall–Kier alpha value is -2.11. The topological polar surface area (TPSA) is 51.3 Å². The van der Waals surface area contributed by atoms with Crippen LogP contribution in [0.2, 0.25) is 0 Å². The summed E-state index contributed by atoms with van der Waals surface area (Å²) >= 11 is 3.53. The predicted molar refractivity (Wildman–Crippen MR) is 103 cm³/mol. The average molecular weight is 412 g/mol. The molecule has 0 atom stereocenters. The van der Waals surface area contributed by atoms with Crippen LogP contribution in [-0.4, -0.2) is 31.1 Å². The van der Waals surface area contributed by atoms with Gasteiger partial charge in [-0.3, -0.25) is 4.79 Å². The van der Waals surface area contributed by atoms with Crippen LogP contribution < -0.4 is 4.74 Å². The van der Waals surface area contributed by atoms with Crippen molar-refractivity contribution in [3.05, 3.63) is 63.3 Å². The van der Waals surface area contributed by atoms with Crippen LogP contribution in [0, 0.1) is 0 Å². The molecule has 2 heterocycles. The van der Waals surface area contributed by atoms with E-state index >= 15 is 0 Å². The summed E-state index contributed by atoms with van der Waals surface area (Å²) in [6, 6.07) is 11.9. The number of hydrogen-bond acceptors (Lipinski definition) is 3. The third kappa shape index (κ3) is 2.07. The summed E-state index contributed by atoms with van der Waals surface area (Å²) in [5.74, 6) is 0.869. The van der Waals surface area contributed by atoms with Gasteiger partial charge in [-0.2, -0.15) is 0 Å². The van der Waals surface area contributed by atoms with Crippen LogP contribution in [0.1, 0.15) is 40.0 Å². The molecule has 5 heteroatoms. The van der Waals surface area contributed by atoms with Gasteiger partial charge in [0.15, 0.2) is 5.78 Å². The van der Waals surface area contributed by atoms with E-state index in [2.05, 4.69) is 20.9 Å². The smallest absolute Gasteiger partial charge is 0.195 e. The molecule has 0 unspecified atom stereocenters. The van der Waals surface area contributed by atoms with Crippen LogP contribution in [0.3, 0.4) is 0 Å². The Kier molecular flexibility index (Phi) is 3.52. The van der Waals surface area contributed by atoms with Crippen LogP contribution in [0.15, 0.2) is 40.9 Å². The maximum absolute atomic E-state index is 13.4. The molecular weight excluding hydrogens is 394 g/mol. The Morgan fingerprint density at radius 2 is 1.96 bits per heavy atom. The van der Waals surface area contributed by atoms with Crippen molar-refractivity contribution in [1.82, 2.24) is 4.98 Å². The maximum atomic E-state index is 13.4. The van der Waals surface area contributed by atoms with E-state index in [1.54, 1.807) is 7.11 Å². The molecule has 1 aliphatic carbocycles. The second kappa shape index (κ2) is 5.69. The highest BCUT2D eigenvalue weighted by atomic mass is 79.9. The molecule has 0 amide bonds. The van der Waals surface area contributed by atoms with E-state index < -0.39 is 0 Å². The number of carbonyl (C=O) groups is 1. The Balaban J connectivity index is 1.86. The number of ether oxygens (including phenoxy) is 2. The van der Waals surface area contributed by atoms with Crippen LogP contribution in [0.25, 0.3) is 10.9 Å². The fourth-order valence-electron chi connectivity index (χ4n) is 4.52. The minimum Gasteiger partial charge on any atom is -0.497 e. The standard InChI is InChI=1S/C21H18BrNO3/c1-25-13-3-5-14-16(11-13)21(6-8-26-9-7-21)20-18(19(14)24)15-4-2-12(22)10-17(15)23-20/h2-5,10-11,23H,6-9H2,1H3. The number of halogens is 1. The van der Waals surface area contributed by atoms with Crippen molar-refractivity contribution in [3.8, 4) is 5.75 Å². The monoisotopic (exact) mass is 411 g/mol. The van der Waals surface area contributed by atoms with Gasteiger partial charge in [0.05, 0.1) is 12.7 Å². The summed E-state index contributed by atoms with van der Waals surface area (Å²) in [6.45, 7) is 1.37. The molecule has 1 N–H and O–H groups in total. The van der Waals surface area contributed by atoms with Gasteiger partial charge in [0, 0.05) is 45.3 Å². The molecule has 1 fully saturated rings. The van der Waals surface area contributed by atoms with E-state index in [9.17, 15) is 4.79 Å². The van der Waals surface area contributed by atoms with Gasteiger partial charge in [0.2, 0.25) is 0 Å². The summed E-state index contributed by atoms with van der Waals surface area (Å²) < 4.78 is 12.1. The number of carbonyl (C=O) groups excluding carboxylic acids is 1. The van der Waals surface area contributed by atoms with Crippen LogP contribution in [0.4, 0.5) is 0 Å². The fraction of sp³-hybridized carbons (Fsp3) is 0.286. The Bertz CT molecular complexity index is 1050. The first kappa shape index (κ1) is 16.1. The number of aromatic nitrogens is 1. The minimum absolute atomic E-state index is 0.0864. The SMILES string of the molecule is COc1ccc2c(c1)C1(CCOCC1)c1[nH]c3cc(Br)ccc3c1C2=O. The van der Waals surface area contributed by atoms with E-state index in [1.165, 1.54) is 0 Å². The number of hydrogen-bond donors (Lipinski definition) is 1. The lowest BCUT2D eigenvalue weighted by Crippen LogP contribution is -2.40. The zero-order chi connectivity index (χ0) is 17.9. The highest BCUT2D eigenvalue weighted by Gasteiger charge is 2.46. The summed E-state index contributed by atoms with van der Waals surface area (Å²) in [7, 11) is 1.66. The third-order valence-electron chi connectivity index (χ3n) is 5.80. The first-order valence-corrected chi connectivity index (χ1v) is 9.56. The number of aromatic amines is 1. The fourth-order valence-corrected chi connectivity index (χ4v) is 4.88. The number of nitrogens with one attached hydrogen (secondary N) is 1. The highest BCUT2D eigenvalue weighted by Crippen LogP contribution is 2.50. The Labute approximate surface area is 159 Å². The molecular formula is C21H18BrNO3. The molecule has 3 aromatic rings. The Morgan fingerprint density at radius 3 is 2.73 bits per heavy atom. The minimum atomic E-state index is -0.239. The predicted octanol–water partition coefficient (Wildman–Crippen LogP) is 4.58. The van der Waals surface area contributed by atoms with E-state index in [1.807, 2.05) is 36.4 Å². The molecule has 1 saturated heterocycles. The molecule has 0 saturated carbocycles. The zero-order valence-electron chi connectivity index (χ0n) is 14.4. The molecule has 2 aliphatic rings. The van der Waals surface area contributed by atoms with Crippen molar-refractivity contribution in [2.75, 3.05) is 20.3 Å². The van der Waals surface area contributed by atoms with Crippen molar-refractivity contribution < 1.29 is 14.3 Å². The van der Waals surface area contributed by atoms with E-state index in [0.29, 0.717) is 13.2 Å². The van der Waals surface area contributed by atoms with Gasteiger partial charge in [-0.25, -0.2) is 0 Å². The Morgan fingerprint density at radius 1 is 1.15 bits per heavy atom.